The Bertz CT molecular complexity index is 387. The Morgan fingerprint density at radius 2 is 1.94 bits per heavy atom. The lowest BCUT2D eigenvalue weighted by Gasteiger charge is -2.19. The van der Waals surface area contributed by atoms with Crippen LogP contribution >= 0.6 is 11.6 Å². The Morgan fingerprint density at radius 1 is 1.33 bits per heavy atom. The lowest BCUT2D eigenvalue weighted by Crippen LogP contribution is -2.23. The Morgan fingerprint density at radius 3 is 2.50 bits per heavy atom. The Labute approximate surface area is 111 Å². The maximum Gasteiger partial charge on any atom is 0.306 e. The molecule has 0 aliphatic heterocycles. The van der Waals surface area contributed by atoms with Gasteiger partial charge < -0.3 is 9.47 Å². The van der Waals surface area contributed by atoms with Gasteiger partial charge in [0.15, 0.2) is 5.75 Å². The number of esters is 1. The molecular formula is C12H17ClN2O3. The summed E-state index contributed by atoms with van der Waals surface area (Å²) in [4.78, 5) is 19.0. The molecule has 1 rings (SSSR count). The number of carbonyl (C=O) groups is 1. The quantitative estimate of drug-likeness (QED) is 0.468. The topological polar surface area (TPSA) is 61.3 Å². The van der Waals surface area contributed by atoms with Gasteiger partial charge in [0.2, 0.25) is 5.28 Å². The van der Waals surface area contributed by atoms with Crippen LogP contribution in [0.5, 0.6) is 5.75 Å². The van der Waals surface area contributed by atoms with Crippen LogP contribution in [0, 0.1) is 0 Å². The third kappa shape index (κ3) is 6.39. The lowest BCUT2D eigenvalue weighted by molar-refractivity contribution is -0.155. The SMILES string of the molecule is CC(C)(C)OC(=O)CCCOc1cnc(Cl)nc1. The van der Waals surface area contributed by atoms with Gasteiger partial charge in [0.05, 0.1) is 19.0 Å². The first-order chi connectivity index (χ1) is 8.37. The summed E-state index contributed by atoms with van der Waals surface area (Å²) in [7, 11) is 0. The van der Waals surface area contributed by atoms with Gasteiger partial charge >= 0.3 is 5.97 Å². The highest BCUT2D eigenvalue weighted by Crippen LogP contribution is 2.11. The van der Waals surface area contributed by atoms with Crippen molar-refractivity contribution in [3.8, 4) is 5.75 Å². The summed E-state index contributed by atoms with van der Waals surface area (Å²) in [5.41, 5.74) is -0.443. The molecule has 0 radical (unpaired) electrons. The summed E-state index contributed by atoms with van der Waals surface area (Å²) in [6, 6.07) is 0. The zero-order chi connectivity index (χ0) is 13.6. The number of halogens is 1. The van der Waals surface area contributed by atoms with Crippen LogP contribution in [-0.4, -0.2) is 28.1 Å². The van der Waals surface area contributed by atoms with E-state index in [1.54, 1.807) is 0 Å². The summed E-state index contributed by atoms with van der Waals surface area (Å²) in [6.07, 6.45) is 3.88. The largest absolute Gasteiger partial charge is 0.490 e. The van der Waals surface area contributed by atoms with Gasteiger partial charge in [-0.2, -0.15) is 0 Å². The van der Waals surface area contributed by atoms with Gasteiger partial charge in [0.25, 0.3) is 0 Å². The maximum absolute atomic E-state index is 11.4. The van der Waals surface area contributed by atoms with Gasteiger partial charge in [0.1, 0.15) is 5.60 Å². The van der Waals surface area contributed by atoms with Crippen LogP contribution < -0.4 is 4.74 Å². The molecule has 0 N–H and O–H groups in total. The molecule has 0 unspecified atom stereocenters. The number of hydrogen-bond donors (Lipinski definition) is 0. The number of aromatic nitrogens is 2. The van der Waals surface area contributed by atoms with E-state index in [-0.39, 0.29) is 11.3 Å². The fourth-order valence-corrected chi connectivity index (χ4v) is 1.27. The van der Waals surface area contributed by atoms with E-state index in [0.717, 1.165) is 0 Å². The molecule has 18 heavy (non-hydrogen) atoms. The molecule has 5 nitrogen and oxygen atoms in total. The van der Waals surface area contributed by atoms with Crippen LogP contribution in [0.4, 0.5) is 0 Å². The van der Waals surface area contributed by atoms with Crippen LogP contribution in [0.25, 0.3) is 0 Å². The second-order valence-corrected chi connectivity index (χ2v) is 5.06. The Balaban J connectivity index is 2.19. The molecule has 0 amide bonds. The van der Waals surface area contributed by atoms with Gasteiger partial charge in [-0.25, -0.2) is 9.97 Å². The average molecular weight is 273 g/mol. The highest BCUT2D eigenvalue weighted by atomic mass is 35.5. The number of carbonyl (C=O) groups excluding carboxylic acids is 1. The van der Waals surface area contributed by atoms with Crippen LogP contribution in [-0.2, 0) is 9.53 Å². The van der Waals surface area contributed by atoms with Crippen molar-refractivity contribution in [3.05, 3.63) is 17.7 Å². The van der Waals surface area contributed by atoms with Crippen LogP contribution in [0.3, 0.4) is 0 Å². The number of ether oxygens (including phenoxy) is 2. The number of nitrogens with zero attached hydrogens (tertiary/aromatic N) is 2. The van der Waals surface area contributed by atoms with Gasteiger partial charge in [-0.15, -0.1) is 0 Å². The fourth-order valence-electron chi connectivity index (χ4n) is 1.17. The van der Waals surface area contributed by atoms with E-state index in [1.165, 1.54) is 12.4 Å². The number of rotatable bonds is 5. The van der Waals surface area contributed by atoms with Crippen molar-refractivity contribution >= 4 is 17.6 Å². The third-order valence-corrected chi connectivity index (χ3v) is 2.01. The summed E-state index contributed by atoms with van der Waals surface area (Å²) in [5, 5.41) is 0.177. The molecule has 1 heterocycles. The molecule has 0 aromatic carbocycles. The predicted molar refractivity (Wildman–Crippen MR) is 67.6 cm³/mol. The van der Waals surface area contributed by atoms with E-state index in [0.29, 0.717) is 25.2 Å². The summed E-state index contributed by atoms with van der Waals surface area (Å²) in [6.45, 7) is 5.93. The minimum absolute atomic E-state index is 0.177. The molecule has 0 aliphatic rings. The van der Waals surface area contributed by atoms with E-state index in [9.17, 15) is 4.79 Å². The predicted octanol–water partition coefficient (Wildman–Crippen LogP) is 2.63. The molecule has 6 heteroatoms. The molecular weight excluding hydrogens is 256 g/mol. The molecule has 100 valence electrons. The summed E-state index contributed by atoms with van der Waals surface area (Å²) >= 11 is 5.54. The van der Waals surface area contributed by atoms with E-state index in [4.69, 9.17) is 21.1 Å². The number of hydrogen-bond acceptors (Lipinski definition) is 5. The van der Waals surface area contributed by atoms with Gasteiger partial charge in [-0.1, -0.05) is 0 Å². The Kier molecular flexibility index (Phi) is 5.34. The molecule has 0 spiro atoms. The highest BCUT2D eigenvalue weighted by molar-refractivity contribution is 6.28. The van der Waals surface area contributed by atoms with Gasteiger partial charge in [-0.05, 0) is 38.8 Å². The standard InChI is InChI=1S/C12H17ClN2O3/c1-12(2,3)18-10(16)5-4-6-17-9-7-14-11(13)15-8-9/h7-8H,4-6H2,1-3H3. The first-order valence-corrected chi connectivity index (χ1v) is 6.07. The van der Waals surface area contributed by atoms with E-state index in [2.05, 4.69) is 9.97 Å². The molecule has 1 aromatic rings. The van der Waals surface area contributed by atoms with Crippen LogP contribution in [0.2, 0.25) is 5.28 Å². The van der Waals surface area contributed by atoms with Crippen molar-refractivity contribution in [1.82, 2.24) is 9.97 Å². The molecule has 0 aliphatic carbocycles. The maximum atomic E-state index is 11.4. The lowest BCUT2D eigenvalue weighted by atomic mass is 10.2. The molecule has 0 saturated heterocycles. The van der Waals surface area contributed by atoms with Crippen molar-refractivity contribution in [2.75, 3.05) is 6.61 Å². The summed E-state index contributed by atoms with van der Waals surface area (Å²) in [5.74, 6) is 0.307. The summed E-state index contributed by atoms with van der Waals surface area (Å²) < 4.78 is 10.5. The van der Waals surface area contributed by atoms with Crippen LogP contribution in [0.1, 0.15) is 33.6 Å². The van der Waals surface area contributed by atoms with Crippen molar-refractivity contribution in [1.29, 1.82) is 0 Å². The van der Waals surface area contributed by atoms with Gasteiger partial charge in [-0.3, -0.25) is 4.79 Å². The minimum atomic E-state index is -0.443. The van der Waals surface area contributed by atoms with Crippen molar-refractivity contribution in [2.24, 2.45) is 0 Å². The van der Waals surface area contributed by atoms with Crippen molar-refractivity contribution < 1.29 is 14.3 Å². The molecule has 0 saturated carbocycles. The Hall–Kier alpha value is -1.36. The van der Waals surface area contributed by atoms with Crippen LogP contribution in [0.15, 0.2) is 12.4 Å². The molecule has 0 fully saturated rings. The van der Waals surface area contributed by atoms with Crippen molar-refractivity contribution in [2.45, 2.75) is 39.2 Å². The average Bonchev–Trinajstić information content (AvgIpc) is 2.24. The minimum Gasteiger partial charge on any atom is -0.490 e. The second kappa shape index (κ2) is 6.54. The monoisotopic (exact) mass is 272 g/mol. The molecule has 0 atom stereocenters. The first kappa shape index (κ1) is 14.7. The second-order valence-electron chi connectivity index (χ2n) is 4.73. The van der Waals surface area contributed by atoms with E-state index >= 15 is 0 Å². The fraction of sp³-hybridized carbons (Fsp3) is 0.583. The highest BCUT2D eigenvalue weighted by Gasteiger charge is 2.15. The zero-order valence-corrected chi connectivity index (χ0v) is 11.5. The first-order valence-electron chi connectivity index (χ1n) is 5.69. The van der Waals surface area contributed by atoms with E-state index < -0.39 is 5.60 Å². The normalized spacial score (nSPS) is 11.1. The zero-order valence-electron chi connectivity index (χ0n) is 10.8. The third-order valence-electron chi connectivity index (χ3n) is 1.81. The molecule has 1 aromatic heterocycles. The van der Waals surface area contributed by atoms with Crippen molar-refractivity contribution in [3.63, 3.8) is 0 Å². The van der Waals surface area contributed by atoms with E-state index in [1.807, 2.05) is 20.8 Å². The van der Waals surface area contributed by atoms with Gasteiger partial charge in [0, 0.05) is 6.42 Å². The smallest absolute Gasteiger partial charge is 0.306 e. The molecule has 0 bridgehead atoms.